The summed E-state index contributed by atoms with van der Waals surface area (Å²) in [4.78, 5) is 16.0. The zero-order valence-corrected chi connectivity index (χ0v) is 7.85. The molecular weight excluding hydrogens is 176 g/mol. The lowest BCUT2D eigenvalue weighted by atomic mass is 10.1. The third-order valence-corrected chi connectivity index (χ3v) is 1.66. The molecule has 0 N–H and O–H groups in total. The second-order valence-electron chi connectivity index (χ2n) is 2.35. The van der Waals surface area contributed by atoms with Gasteiger partial charge in [0.2, 0.25) is 0 Å². The predicted molar refractivity (Wildman–Crippen MR) is 58.2 cm³/mol. The number of hydrogen-bond acceptors (Lipinski definition) is 2. The number of hydrogen-bond donors (Lipinski definition) is 0. The van der Waals surface area contributed by atoms with Crippen LogP contribution in [0.5, 0.6) is 0 Å². The molecule has 0 radical (unpaired) electrons. The first-order valence-electron chi connectivity index (χ1n) is 3.98. The number of benzene rings is 2. The quantitative estimate of drug-likeness (QED) is 0.636. The van der Waals surface area contributed by atoms with Gasteiger partial charge in [-0.3, -0.25) is 0 Å². The van der Waals surface area contributed by atoms with E-state index in [1.807, 2.05) is 13.6 Å². The fraction of sp³-hybridized carbons (Fsp3) is 0. The summed E-state index contributed by atoms with van der Waals surface area (Å²) in [5.74, 6) is 0. The van der Waals surface area contributed by atoms with E-state index >= 15 is 0 Å². The Hall–Kier alpha value is -1.96. The molecule has 0 saturated carbocycles. The largest absolute Gasteiger partial charge is 0.307 e. The summed E-state index contributed by atoms with van der Waals surface area (Å²) >= 11 is 0. The lowest BCUT2D eigenvalue weighted by molar-refractivity contribution is -0.0987. The summed E-state index contributed by atoms with van der Waals surface area (Å²) in [7, 11) is 0. The van der Waals surface area contributed by atoms with Gasteiger partial charge in [-0.1, -0.05) is 48.5 Å². The molecule has 0 aliphatic heterocycles. The fourth-order valence-electron chi connectivity index (χ4n) is 1.13. The first kappa shape index (κ1) is 12.0. The third-order valence-electron chi connectivity index (χ3n) is 1.66. The van der Waals surface area contributed by atoms with E-state index in [4.69, 9.17) is 9.59 Å². The van der Waals surface area contributed by atoms with Crippen molar-refractivity contribution in [2.45, 2.75) is 0 Å². The van der Waals surface area contributed by atoms with Crippen molar-refractivity contribution in [1.82, 2.24) is 0 Å². The van der Waals surface area contributed by atoms with Crippen LogP contribution >= 0.6 is 0 Å². The molecule has 0 saturated heterocycles. The van der Waals surface area contributed by atoms with E-state index in [1.54, 1.807) is 0 Å². The highest BCUT2D eigenvalue weighted by Gasteiger charge is 1.85. The van der Waals surface area contributed by atoms with Crippen molar-refractivity contribution in [3.8, 4) is 0 Å². The minimum Gasteiger partial charge on any atom is -0.307 e. The molecule has 72 valence electrons. The van der Waals surface area contributed by atoms with Gasteiger partial charge in [0, 0.05) is 0 Å². The highest BCUT2D eigenvalue weighted by atomic mass is 16.1. The molecule has 0 aliphatic carbocycles. The summed E-state index contributed by atoms with van der Waals surface area (Å²) in [6.07, 6.45) is 0. The SMILES string of the molecule is C=O.C=O.c1ccc2ccccc2c1. The lowest BCUT2D eigenvalue weighted by Crippen LogP contribution is -1.67. The van der Waals surface area contributed by atoms with Crippen molar-refractivity contribution in [2.24, 2.45) is 0 Å². The van der Waals surface area contributed by atoms with Crippen LogP contribution in [0.2, 0.25) is 0 Å². The van der Waals surface area contributed by atoms with Gasteiger partial charge in [-0.15, -0.1) is 0 Å². The molecule has 0 atom stereocenters. The minimum absolute atomic E-state index is 1.31. The summed E-state index contributed by atoms with van der Waals surface area (Å²) in [5.41, 5.74) is 0. The third kappa shape index (κ3) is 3.19. The van der Waals surface area contributed by atoms with Crippen LogP contribution in [0.25, 0.3) is 10.8 Å². The number of carbonyl (C=O) groups excluding carboxylic acids is 2. The van der Waals surface area contributed by atoms with Gasteiger partial charge in [0.25, 0.3) is 0 Å². The van der Waals surface area contributed by atoms with E-state index in [0.717, 1.165) is 0 Å². The van der Waals surface area contributed by atoms with Crippen molar-refractivity contribution < 1.29 is 9.59 Å². The normalized spacial score (nSPS) is 7.71. The van der Waals surface area contributed by atoms with Gasteiger partial charge in [0.1, 0.15) is 13.6 Å². The second-order valence-corrected chi connectivity index (χ2v) is 2.35. The minimum atomic E-state index is 1.31. The zero-order chi connectivity index (χ0) is 10.8. The van der Waals surface area contributed by atoms with Gasteiger partial charge >= 0.3 is 0 Å². The Morgan fingerprint density at radius 3 is 1.00 bits per heavy atom. The molecule has 0 heterocycles. The van der Waals surface area contributed by atoms with Crippen molar-refractivity contribution >= 4 is 24.4 Å². The molecule has 2 heteroatoms. The molecule has 2 nitrogen and oxygen atoms in total. The monoisotopic (exact) mass is 188 g/mol. The highest BCUT2D eigenvalue weighted by molar-refractivity contribution is 5.81. The summed E-state index contributed by atoms with van der Waals surface area (Å²) in [5, 5.41) is 2.62. The van der Waals surface area contributed by atoms with Crippen molar-refractivity contribution in [3.63, 3.8) is 0 Å². The van der Waals surface area contributed by atoms with Crippen molar-refractivity contribution in [2.75, 3.05) is 0 Å². The lowest BCUT2D eigenvalue weighted by Gasteiger charge is -1.92. The second kappa shape index (κ2) is 7.68. The Kier molecular flexibility index (Phi) is 6.60. The molecule has 0 amide bonds. The topological polar surface area (TPSA) is 34.1 Å². The van der Waals surface area contributed by atoms with Crippen LogP contribution < -0.4 is 0 Å². The van der Waals surface area contributed by atoms with E-state index in [-0.39, 0.29) is 0 Å². The van der Waals surface area contributed by atoms with E-state index < -0.39 is 0 Å². The first-order chi connectivity index (χ1) is 6.97. The maximum atomic E-state index is 8.00. The van der Waals surface area contributed by atoms with Crippen LogP contribution in [0.4, 0.5) is 0 Å². The van der Waals surface area contributed by atoms with Crippen molar-refractivity contribution in [3.05, 3.63) is 48.5 Å². The van der Waals surface area contributed by atoms with Gasteiger partial charge in [0.05, 0.1) is 0 Å². The molecule has 0 fully saturated rings. The molecule has 0 aromatic heterocycles. The smallest absolute Gasteiger partial charge is 0.106 e. The standard InChI is InChI=1S/C10H8.2CH2O/c1-2-6-10-8-4-3-7-9(10)5-1;2*1-2/h1-8H;2*1H2. The summed E-state index contributed by atoms with van der Waals surface area (Å²) < 4.78 is 0. The molecule has 0 spiro atoms. The number of fused-ring (bicyclic) bond motifs is 1. The van der Waals surface area contributed by atoms with Crippen LogP contribution in [-0.2, 0) is 9.59 Å². The molecule has 0 unspecified atom stereocenters. The van der Waals surface area contributed by atoms with Gasteiger partial charge in [-0.2, -0.15) is 0 Å². The highest BCUT2D eigenvalue weighted by Crippen LogP contribution is 2.11. The molecule has 14 heavy (non-hydrogen) atoms. The Labute approximate surface area is 83.2 Å². The molecule has 2 rings (SSSR count). The van der Waals surface area contributed by atoms with Gasteiger partial charge < -0.3 is 9.59 Å². The number of rotatable bonds is 0. The Morgan fingerprint density at radius 2 is 0.786 bits per heavy atom. The maximum Gasteiger partial charge on any atom is 0.106 e. The zero-order valence-electron chi connectivity index (χ0n) is 7.85. The fourth-order valence-corrected chi connectivity index (χ4v) is 1.13. The Balaban J connectivity index is 0.000000379. The molecule has 0 bridgehead atoms. The molecule has 2 aromatic rings. The van der Waals surface area contributed by atoms with Crippen molar-refractivity contribution in [1.29, 1.82) is 0 Å². The van der Waals surface area contributed by atoms with Crippen LogP contribution in [0.1, 0.15) is 0 Å². The van der Waals surface area contributed by atoms with Crippen LogP contribution in [0, 0.1) is 0 Å². The summed E-state index contributed by atoms with van der Waals surface area (Å²) in [6, 6.07) is 16.7. The van der Waals surface area contributed by atoms with Crippen LogP contribution in [0.15, 0.2) is 48.5 Å². The predicted octanol–water partition coefficient (Wildman–Crippen LogP) is 2.47. The average Bonchev–Trinajstić information content (AvgIpc) is 2.34. The van der Waals surface area contributed by atoms with E-state index in [0.29, 0.717) is 0 Å². The number of carbonyl (C=O) groups is 2. The first-order valence-corrected chi connectivity index (χ1v) is 3.98. The maximum absolute atomic E-state index is 8.00. The van der Waals surface area contributed by atoms with E-state index in [2.05, 4.69) is 48.5 Å². The molecule has 2 aromatic carbocycles. The van der Waals surface area contributed by atoms with Gasteiger partial charge in [-0.25, -0.2) is 0 Å². The van der Waals surface area contributed by atoms with Gasteiger partial charge in [0.15, 0.2) is 0 Å². The van der Waals surface area contributed by atoms with Crippen LogP contribution in [-0.4, -0.2) is 13.6 Å². The average molecular weight is 188 g/mol. The Bertz CT molecular complexity index is 304. The molecular formula is C12H12O2. The molecule has 0 aliphatic rings. The van der Waals surface area contributed by atoms with Crippen LogP contribution in [0.3, 0.4) is 0 Å². The van der Waals surface area contributed by atoms with Gasteiger partial charge in [-0.05, 0) is 10.8 Å². The van der Waals surface area contributed by atoms with E-state index in [9.17, 15) is 0 Å². The summed E-state index contributed by atoms with van der Waals surface area (Å²) in [6.45, 7) is 4.00. The Morgan fingerprint density at radius 1 is 0.571 bits per heavy atom. The van der Waals surface area contributed by atoms with E-state index in [1.165, 1.54) is 10.8 Å².